The fraction of sp³-hybridized carbons (Fsp3) is 0.571. The maximum Gasteiger partial charge on any atom is 0.127 e. The SMILES string of the molecule is CCC1CCC(Nc2cc(C#N)ccn2)C1C. The molecular formula is C14H19N3. The van der Waals surface area contributed by atoms with Crippen LogP contribution in [0.3, 0.4) is 0 Å². The fourth-order valence-corrected chi connectivity index (χ4v) is 2.80. The van der Waals surface area contributed by atoms with Gasteiger partial charge in [0.25, 0.3) is 0 Å². The highest BCUT2D eigenvalue weighted by Crippen LogP contribution is 2.35. The van der Waals surface area contributed by atoms with Crippen molar-refractivity contribution in [1.82, 2.24) is 4.98 Å². The predicted octanol–water partition coefficient (Wildman–Crippen LogP) is 3.19. The standard InChI is InChI=1S/C14H19N3/c1-3-12-4-5-13(10(12)2)17-14-8-11(9-15)6-7-16-14/h6-8,10,12-13H,3-5H2,1-2H3,(H,16,17). The van der Waals surface area contributed by atoms with Crippen LogP contribution in [0.2, 0.25) is 0 Å². The Bertz CT molecular complexity index is 422. The number of anilines is 1. The van der Waals surface area contributed by atoms with Gasteiger partial charge in [-0.2, -0.15) is 5.26 Å². The molecule has 1 N–H and O–H groups in total. The number of aromatic nitrogens is 1. The van der Waals surface area contributed by atoms with Gasteiger partial charge in [0.1, 0.15) is 5.82 Å². The van der Waals surface area contributed by atoms with E-state index in [-0.39, 0.29) is 0 Å². The van der Waals surface area contributed by atoms with Crippen LogP contribution in [-0.2, 0) is 0 Å². The van der Waals surface area contributed by atoms with Crippen LogP contribution < -0.4 is 5.32 Å². The van der Waals surface area contributed by atoms with Crippen LogP contribution >= 0.6 is 0 Å². The van der Waals surface area contributed by atoms with Gasteiger partial charge in [-0.25, -0.2) is 4.98 Å². The Hall–Kier alpha value is -1.56. The van der Waals surface area contributed by atoms with Crippen molar-refractivity contribution in [2.75, 3.05) is 5.32 Å². The average Bonchev–Trinajstić information content (AvgIpc) is 2.71. The number of nitrogens with zero attached hydrogens (tertiary/aromatic N) is 2. The average molecular weight is 229 g/mol. The van der Waals surface area contributed by atoms with Crippen LogP contribution in [0.1, 0.15) is 38.7 Å². The molecule has 2 rings (SSSR count). The molecule has 3 atom stereocenters. The van der Waals surface area contributed by atoms with E-state index in [1.807, 2.05) is 6.07 Å². The highest BCUT2D eigenvalue weighted by Gasteiger charge is 2.31. The molecule has 1 aliphatic carbocycles. The highest BCUT2D eigenvalue weighted by atomic mass is 15.0. The first-order chi connectivity index (χ1) is 8.24. The molecule has 1 aromatic rings. The first kappa shape index (κ1) is 11.9. The largest absolute Gasteiger partial charge is 0.367 e. The van der Waals surface area contributed by atoms with E-state index in [4.69, 9.17) is 5.26 Å². The minimum absolute atomic E-state index is 0.501. The highest BCUT2D eigenvalue weighted by molar-refractivity contribution is 5.43. The maximum absolute atomic E-state index is 8.85. The van der Waals surface area contributed by atoms with Crippen molar-refractivity contribution in [3.05, 3.63) is 23.9 Å². The molecule has 0 aliphatic heterocycles. The number of nitriles is 1. The summed E-state index contributed by atoms with van der Waals surface area (Å²) in [6.45, 7) is 4.57. The monoisotopic (exact) mass is 229 g/mol. The third kappa shape index (κ3) is 2.58. The fourth-order valence-electron chi connectivity index (χ4n) is 2.80. The van der Waals surface area contributed by atoms with Crippen molar-refractivity contribution in [2.45, 2.75) is 39.2 Å². The topological polar surface area (TPSA) is 48.7 Å². The summed E-state index contributed by atoms with van der Waals surface area (Å²) in [5, 5.41) is 12.3. The lowest BCUT2D eigenvalue weighted by atomic mass is 9.93. The van der Waals surface area contributed by atoms with Gasteiger partial charge in [-0.1, -0.05) is 20.3 Å². The molecule has 3 heteroatoms. The number of pyridine rings is 1. The van der Waals surface area contributed by atoms with Crippen LogP contribution in [0.25, 0.3) is 0 Å². The molecule has 0 bridgehead atoms. The lowest BCUT2D eigenvalue weighted by molar-refractivity contribution is 0.391. The zero-order valence-corrected chi connectivity index (χ0v) is 10.5. The molecule has 90 valence electrons. The van der Waals surface area contributed by atoms with Gasteiger partial charge in [-0.3, -0.25) is 0 Å². The summed E-state index contributed by atoms with van der Waals surface area (Å²) < 4.78 is 0. The van der Waals surface area contributed by atoms with E-state index in [0.29, 0.717) is 17.5 Å². The minimum Gasteiger partial charge on any atom is -0.367 e. The minimum atomic E-state index is 0.501. The van der Waals surface area contributed by atoms with Gasteiger partial charge >= 0.3 is 0 Å². The second-order valence-electron chi connectivity index (χ2n) is 4.90. The summed E-state index contributed by atoms with van der Waals surface area (Å²) in [7, 11) is 0. The third-order valence-electron chi connectivity index (χ3n) is 3.97. The molecule has 0 amide bonds. The van der Waals surface area contributed by atoms with Gasteiger partial charge in [-0.15, -0.1) is 0 Å². The first-order valence-corrected chi connectivity index (χ1v) is 6.37. The van der Waals surface area contributed by atoms with Gasteiger partial charge in [0.15, 0.2) is 0 Å². The molecule has 1 saturated carbocycles. The van der Waals surface area contributed by atoms with Crippen LogP contribution in [0.5, 0.6) is 0 Å². The quantitative estimate of drug-likeness (QED) is 0.866. The summed E-state index contributed by atoms with van der Waals surface area (Å²) in [6.07, 6.45) is 5.45. The zero-order valence-electron chi connectivity index (χ0n) is 10.5. The van der Waals surface area contributed by atoms with Crippen LogP contribution in [0.4, 0.5) is 5.82 Å². The summed E-state index contributed by atoms with van der Waals surface area (Å²) in [5.41, 5.74) is 0.667. The lowest BCUT2D eigenvalue weighted by Gasteiger charge is -2.21. The molecule has 0 radical (unpaired) electrons. The van der Waals surface area contributed by atoms with Crippen molar-refractivity contribution >= 4 is 5.82 Å². The van der Waals surface area contributed by atoms with E-state index in [1.165, 1.54) is 19.3 Å². The Morgan fingerprint density at radius 1 is 1.53 bits per heavy atom. The number of rotatable bonds is 3. The van der Waals surface area contributed by atoms with Crippen LogP contribution in [0, 0.1) is 23.2 Å². The van der Waals surface area contributed by atoms with Gasteiger partial charge < -0.3 is 5.32 Å². The molecule has 0 aromatic carbocycles. The molecule has 0 saturated heterocycles. The van der Waals surface area contributed by atoms with Gasteiger partial charge in [-0.05, 0) is 36.8 Å². The summed E-state index contributed by atoms with van der Waals surface area (Å²) in [6, 6.07) is 6.20. The van der Waals surface area contributed by atoms with Crippen LogP contribution in [0.15, 0.2) is 18.3 Å². The molecule has 1 aliphatic rings. The number of hydrogen-bond donors (Lipinski definition) is 1. The Labute approximate surface area is 103 Å². The molecule has 17 heavy (non-hydrogen) atoms. The smallest absolute Gasteiger partial charge is 0.127 e. The Kier molecular flexibility index (Phi) is 3.63. The van der Waals surface area contributed by atoms with E-state index in [2.05, 4.69) is 30.2 Å². The van der Waals surface area contributed by atoms with Crippen molar-refractivity contribution in [2.24, 2.45) is 11.8 Å². The molecule has 1 aromatic heterocycles. The van der Waals surface area contributed by atoms with Gasteiger partial charge in [0.2, 0.25) is 0 Å². The lowest BCUT2D eigenvalue weighted by Crippen LogP contribution is -2.25. The summed E-state index contributed by atoms with van der Waals surface area (Å²) in [5.74, 6) is 2.34. The number of hydrogen-bond acceptors (Lipinski definition) is 3. The van der Waals surface area contributed by atoms with Crippen molar-refractivity contribution in [3.63, 3.8) is 0 Å². The molecule has 3 unspecified atom stereocenters. The second kappa shape index (κ2) is 5.18. The molecule has 0 spiro atoms. The van der Waals surface area contributed by atoms with E-state index >= 15 is 0 Å². The Morgan fingerprint density at radius 2 is 2.35 bits per heavy atom. The van der Waals surface area contributed by atoms with Gasteiger partial charge in [0.05, 0.1) is 11.6 Å². The second-order valence-corrected chi connectivity index (χ2v) is 4.90. The summed E-state index contributed by atoms with van der Waals surface area (Å²) >= 11 is 0. The van der Waals surface area contributed by atoms with E-state index < -0.39 is 0 Å². The molecular weight excluding hydrogens is 210 g/mol. The van der Waals surface area contributed by atoms with Crippen molar-refractivity contribution < 1.29 is 0 Å². The molecule has 3 nitrogen and oxygen atoms in total. The van der Waals surface area contributed by atoms with E-state index in [9.17, 15) is 0 Å². The number of nitrogens with one attached hydrogen (secondary N) is 1. The summed E-state index contributed by atoms with van der Waals surface area (Å²) in [4.78, 5) is 4.27. The van der Waals surface area contributed by atoms with Crippen LogP contribution in [-0.4, -0.2) is 11.0 Å². The van der Waals surface area contributed by atoms with Crippen molar-refractivity contribution in [3.8, 4) is 6.07 Å². The van der Waals surface area contributed by atoms with Gasteiger partial charge in [0, 0.05) is 12.2 Å². The maximum atomic E-state index is 8.85. The normalized spacial score (nSPS) is 27.7. The first-order valence-electron chi connectivity index (χ1n) is 6.37. The predicted molar refractivity (Wildman–Crippen MR) is 68.5 cm³/mol. The molecule has 1 fully saturated rings. The Balaban J connectivity index is 2.04. The van der Waals surface area contributed by atoms with E-state index in [1.54, 1.807) is 12.3 Å². The molecule has 1 heterocycles. The zero-order chi connectivity index (χ0) is 12.3. The van der Waals surface area contributed by atoms with E-state index in [0.717, 1.165) is 11.7 Å². The third-order valence-corrected chi connectivity index (χ3v) is 3.97. The van der Waals surface area contributed by atoms with Crippen molar-refractivity contribution in [1.29, 1.82) is 5.26 Å². The Morgan fingerprint density at radius 3 is 3.00 bits per heavy atom.